The zero-order chi connectivity index (χ0) is 14.5. The highest BCUT2D eigenvalue weighted by Crippen LogP contribution is 2.22. The maximum absolute atomic E-state index is 9.82. The van der Waals surface area contributed by atoms with Crippen LogP contribution in [0.2, 0.25) is 0 Å². The van der Waals surface area contributed by atoms with Gasteiger partial charge in [0, 0.05) is 17.8 Å². The van der Waals surface area contributed by atoms with Crippen LogP contribution in [0.5, 0.6) is 5.75 Å². The summed E-state index contributed by atoms with van der Waals surface area (Å²) < 4.78 is 0. The van der Waals surface area contributed by atoms with Gasteiger partial charge in [-0.25, -0.2) is 0 Å². The molecule has 2 N–H and O–H groups in total. The second-order valence-corrected chi connectivity index (χ2v) is 5.42. The van der Waals surface area contributed by atoms with E-state index in [-0.39, 0.29) is 0 Å². The van der Waals surface area contributed by atoms with Gasteiger partial charge in [0.25, 0.3) is 0 Å². The maximum Gasteiger partial charge on any atom is 0.120 e. The molecule has 0 aliphatic carbocycles. The van der Waals surface area contributed by atoms with E-state index in [1.165, 1.54) is 5.56 Å². The van der Waals surface area contributed by atoms with Crippen molar-refractivity contribution in [3.63, 3.8) is 0 Å². The standard InChI is InChI=1S/C18H23NO/c1-4-14(3)15-6-8-17(9-7-15)19-12-16-11-13(2)5-10-18(16)20/h5-11,14,19-20H,4,12H2,1-3H3. The van der Waals surface area contributed by atoms with E-state index < -0.39 is 0 Å². The SMILES string of the molecule is CCC(C)c1ccc(NCc2cc(C)ccc2O)cc1. The minimum absolute atomic E-state index is 0.347. The minimum atomic E-state index is 0.347. The van der Waals surface area contributed by atoms with Gasteiger partial charge in [-0.05, 0) is 43.0 Å². The summed E-state index contributed by atoms with van der Waals surface area (Å²) in [5.74, 6) is 0.948. The summed E-state index contributed by atoms with van der Waals surface area (Å²) in [6.45, 7) is 7.12. The summed E-state index contributed by atoms with van der Waals surface area (Å²) in [5, 5.41) is 13.2. The van der Waals surface area contributed by atoms with Crippen molar-refractivity contribution in [1.82, 2.24) is 0 Å². The Bertz CT molecular complexity index is 560. The third-order valence-corrected chi connectivity index (χ3v) is 3.81. The van der Waals surface area contributed by atoms with Gasteiger partial charge in [0.1, 0.15) is 5.75 Å². The zero-order valence-electron chi connectivity index (χ0n) is 12.5. The summed E-state index contributed by atoms with van der Waals surface area (Å²) in [7, 11) is 0. The van der Waals surface area contributed by atoms with Crippen molar-refractivity contribution in [2.24, 2.45) is 0 Å². The van der Waals surface area contributed by atoms with E-state index in [1.807, 2.05) is 19.1 Å². The lowest BCUT2D eigenvalue weighted by Crippen LogP contribution is -2.00. The summed E-state index contributed by atoms with van der Waals surface area (Å²) >= 11 is 0. The number of aromatic hydroxyl groups is 1. The molecule has 20 heavy (non-hydrogen) atoms. The third-order valence-electron chi connectivity index (χ3n) is 3.81. The Hall–Kier alpha value is -1.96. The third kappa shape index (κ3) is 3.53. The average molecular weight is 269 g/mol. The van der Waals surface area contributed by atoms with Gasteiger partial charge in [0.2, 0.25) is 0 Å². The van der Waals surface area contributed by atoms with Crippen molar-refractivity contribution in [1.29, 1.82) is 0 Å². The molecule has 0 aromatic heterocycles. The minimum Gasteiger partial charge on any atom is -0.508 e. The Morgan fingerprint density at radius 1 is 1.10 bits per heavy atom. The smallest absolute Gasteiger partial charge is 0.120 e. The van der Waals surface area contributed by atoms with E-state index in [1.54, 1.807) is 6.07 Å². The summed E-state index contributed by atoms with van der Waals surface area (Å²) in [5.41, 5.74) is 4.54. The Kier molecular flexibility index (Phi) is 4.67. The molecule has 2 aromatic rings. The molecule has 2 nitrogen and oxygen atoms in total. The highest BCUT2D eigenvalue weighted by Gasteiger charge is 2.04. The van der Waals surface area contributed by atoms with Crippen molar-refractivity contribution in [3.8, 4) is 5.75 Å². The summed E-state index contributed by atoms with van der Waals surface area (Å²) in [6.07, 6.45) is 1.16. The first kappa shape index (κ1) is 14.4. The van der Waals surface area contributed by atoms with Crippen molar-refractivity contribution < 1.29 is 5.11 Å². The number of rotatable bonds is 5. The molecular weight excluding hydrogens is 246 g/mol. The molecule has 2 heteroatoms. The van der Waals surface area contributed by atoms with Crippen LogP contribution in [0.3, 0.4) is 0 Å². The van der Waals surface area contributed by atoms with Gasteiger partial charge >= 0.3 is 0 Å². The molecule has 0 saturated carbocycles. The Balaban J connectivity index is 2.02. The van der Waals surface area contributed by atoms with Crippen molar-refractivity contribution >= 4 is 5.69 Å². The Morgan fingerprint density at radius 2 is 1.80 bits per heavy atom. The van der Waals surface area contributed by atoms with Crippen LogP contribution in [0.4, 0.5) is 5.69 Å². The molecule has 0 aliphatic rings. The van der Waals surface area contributed by atoms with Crippen molar-refractivity contribution in [2.75, 3.05) is 5.32 Å². The van der Waals surface area contributed by atoms with E-state index in [2.05, 4.69) is 43.4 Å². The predicted molar refractivity (Wildman–Crippen MR) is 85.3 cm³/mol. The first-order valence-electron chi connectivity index (χ1n) is 7.22. The molecule has 1 unspecified atom stereocenters. The molecule has 2 aromatic carbocycles. The van der Waals surface area contributed by atoms with Gasteiger partial charge in [0.05, 0.1) is 0 Å². The van der Waals surface area contributed by atoms with Gasteiger partial charge in [0.15, 0.2) is 0 Å². The van der Waals surface area contributed by atoms with Crippen LogP contribution in [0.15, 0.2) is 42.5 Å². The summed E-state index contributed by atoms with van der Waals surface area (Å²) in [4.78, 5) is 0. The number of phenolic OH excluding ortho intramolecular Hbond substituents is 1. The number of benzene rings is 2. The fraction of sp³-hybridized carbons (Fsp3) is 0.333. The highest BCUT2D eigenvalue weighted by molar-refractivity contribution is 5.47. The van der Waals surface area contributed by atoms with E-state index in [4.69, 9.17) is 0 Å². The largest absolute Gasteiger partial charge is 0.508 e. The van der Waals surface area contributed by atoms with E-state index in [0.29, 0.717) is 18.2 Å². The molecule has 0 spiro atoms. The van der Waals surface area contributed by atoms with Crippen molar-refractivity contribution in [2.45, 2.75) is 39.7 Å². The average Bonchev–Trinajstić information content (AvgIpc) is 2.48. The number of hydrogen-bond donors (Lipinski definition) is 2. The van der Waals surface area contributed by atoms with Gasteiger partial charge in [-0.1, -0.05) is 43.7 Å². The first-order chi connectivity index (χ1) is 9.60. The highest BCUT2D eigenvalue weighted by atomic mass is 16.3. The zero-order valence-corrected chi connectivity index (χ0v) is 12.5. The lowest BCUT2D eigenvalue weighted by atomic mass is 9.98. The second-order valence-electron chi connectivity index (χ2n) is 5.42. The van der Waals surface area contributed by atoms with Crippen LogP contribution in [0.25, 0.3) is 0 Å². The number of nitrogens with one attached hydrogen (secondary N) is 1. The van der Waals surface area contributed by atoms with Crippen LogP contribution >= 0.6 is 0 Å². The fourth-order valence-electron chi connectivity index (χ4n) is 2.22. The Morgan fingerprint density at radius 3 is 2.45 bits per heavy atom. The number of aryl methyl sites for hydroxylation is 1. The molecule has 106 valence electrons. The number of hydrogen-bond acceptors (Lipinski definition) is 2. The fourth-order valence-corrected chi connectivity index (χ4v) is 2.22. The monoisotopic (exact) mass is 269 g/mol. The molecule has 0 amide bonds. The molecule has 0 heterocycles. The summed E-state index contributed by atoms with van der Waals surface area (Å²) in [6, 6.07) is 14.2. The Labute approximate surface area is 121 Å². The molecule has 1 atom stereocenters. The van der Waals surface area contributed by atoms with Crippen LogP contribution in [0, 0.1) is 6.92 Å². The van der Waals surface area contributed by atoms with Crippen molar-refractivity contribution in [3.05, 3.63) is 59.2 Å². The molecule has 0 radical (unpaired) electrons. The molecule has 0 saturated heterocycles. The predicted octanol–water partition coefficient (Wildman–Crippen LogP) is 4.83. The van der Waals surface area contributed by atoms with Gasteiger partial charge < -0.3 is 10.4 Å². The van der Waals surface area contributed by atoms with E-state index >= 15 is 0 Å². The van der Waals surface area contributed by atoms with Gasteiger partial charge in [-0.2, -0.15) is 0 Å². The molecule has 0 aliphatic heterocycles. The molecular formula is C18H23NO. The normalized spacial score (nSPS) is 12.2. The molecule has 2 rings (SSSR count). The lowest BCUT2D eigenvalue weighted by Gasteiger charge is -2.12. The molecule has 0 bridgehead atoms. The van der Waals surface area contributed by atoms with E-state index in [0.717, 1.165) is 23.2 Å². The van der Waals surface area contributed by atoms with Crippen LogP contribution in [-0.2, 0) is 6.54 Å². The van der Waals surface area contributed by atoms with E-state index in [9.17, 15) is 5.11 Å². The van der Waals surface area contributed by atoms with Crippen LogP contribution in [-0.4, -0.2) is 5.11 Å². The van der Waals surface area contributed by atoms with Gasteiger partial charge in [-0.3, -0.25) is 0 Å². The number of phenols is 1. The maximum atomic E-state index is 9.82. The number of anilines is 1. The second kappa shape index (κ2) is 6.47. The van der Waals surface area contributed by atoms with Gasteiger partial charge in [-0.15, -0.1) is 0 Å². The quantitative estimate of drug-likeness (QED) is 0.815. The lowest BCUT2D eigenvalue weighted by molar-refractivity contribution is 0.469. The molecule has 0 fully saturated rings. The first-order valence-corrected chi connectivity index (χ1v) is 7.22. The van der Waals surface area contributed by atoms with Crippen LogP contribution in [0.1, 0.15) is 42.9 Å². The van der Waals surface area contributed by atoms with Crippen LogP contribution < -0.4 is 5.32 Å². The topological polar surface area (TPSA) is 32.3 Å².